The van der Waals surface area contributed by atoms with E-state index in [1.807, 2.05) is 0 Å². The number of aliphatic carboxylic acids is 2. The third-order valence-electron chi connectivity index (χ3n) is 15.5. The number of carbonyl (C=O) groups excluding carboxylic acids is 3. The summed E-state index contributed by atoms with van der Waals surface area (Å²) in [6.45, 7) is 7.14. The minimum absolute atomic E-state index is 0. The van der Waals surface area contributed by atoms with Crippen molar-refractivity contribution in [2.24, 2.45) is 0 Å². The largest absolute Gasteiger partial charge is 2.00 e. The molecule has 0 unspecified atom stereocenters. The first-order valence-corrected chi connectivity index (χ1v) is 33.9. The third-order valence-corrected chi connectivity index (χ3v) is 15.5. The molecule has 0 fully saturated rings. The maximum Gasteiger partial charge on any atom is 2.00 e. The Morgan fingerprint density at radius 2 is 0.494 bits per heavy atom. The molecule has 0 saturated carbocycles. The van der Waals surface area contributed by atoms with Crippen molar-refractivity contribution in [2.45, 2.75) is 380 Å². The van der Waals surface area contributed by atoms with Crippen molar-refractivity contribution < 1.29 is 61.7 Å². The molecule has 1 aromatic rings. The summed E-state index contributed by atoms with van der Waals surface area (Å²) in [4.78, 5) is 32.4. The van der Waals surface area contributed by atoms with Crippen LogP contribution in [0.2, 0.25) is 0 Å². The Morgan fingerprint density at radius 1 is 0.316 bits per heavy atom. The molecule has 0 radical (unpaired) electrons. The zero-order chi connectivity index (χ0) is 57.5. The van der Waals surface area contributed by atoms with E-state index < -0.39 is 35.2 Å². The van der Waals surface area contributed by atoms with Crippen LogP contribution < -0.4 is 10.2 Å². The second-order valence-corrected chi connectivity index (χ2v) is 23.3. The molecule has 0 aliphatic heterocycles. The molecule has 0 saturated heterocycles. The van der Waals surface area contributed by atoms with Crippen LogP contribution in [0.15, 0.2) is 12.1 Å². The van der Waals surface area contributed by atoms with Crippen LogP contribution in [0.25, 0.3) is 0 Å². The molecule has 79 heavy (non-hydrogen) atoms. The molecule has 1 aromatic carbocycles. The maximum absolute atomic E-state index is 11.9. The van der Waals surface area contributed by atoms with E-state index in [1.165, 1.54) is 302 Å². The number of unbranched alkanes of at least 4 members (excludes halogenated alkanes) is 51. The molecule has 0 aliphatic carbocycles. The van der Waals surface area contributed by atoms with Gasteiger partial charge in [0.1, 0.15) is 0 Å². The molecule has 0 bridgehead atoms. The van der Waals surface area contributed by atoms with Gasteiger partial charge in [0.05, 0.1) is 12.2 Å². The molecular formula is C69H128FeO9. The molecular weight excluding hydrogens is 1030 g/mol. The molecule has 466 valence electrons. The van der Waals surface area contributed by atoms with Gasteiger partial charge in [0.15, 0.2) is 17.2 Å². The molecule has 10 heteroatoms. The van der Waals surface area contributed by atoms with Gasteiger partial charge < -0.3 is 39.9 Å². The topological polar surface area (TPSA) is 167 Å². The summed E-state index contributed by atoms with van der Waals surface area (Å²) in [5.41, 5.74) is 0.0271. The van der Waals surface area contributed by atoms with Gasteiger partial charge in [-0.2, -0.15) is 0 Å². The molecule has 1 rings (SSSR count). The minimum atomic E-state index is -0.901. The van der Waals surface area contributed by atoms with Crippen LogP contribution in [0, 0.1) is 0 Å². The van der Waals surface area contributed by atoms with Crippen molar-refractivity contribution in [2.75, 3.05) is 6.61 Å². The first kappa shape index (κ1) is 80.8. The molecule has 0 aliphatic rings. The van der Waals surface area contributed by atoms with Gasteiger partial charge in [0.2, 0.25) is 0 Å². The zero-order valence-corrected chi connectivity index (χ0v) is 53.2. The number of aromatic hydroxyl groups is 3. The number of rotatable bonds is 58. The van der Waals surface area contributed by atoms with E-state index in [2.05, 4.69) is 20.8 Å². The number of phenolic OH excluding ortho intramolecular Hbond substituents is 3. The fourth-order valence-corrected chi connectivity index (χ4v) is 10.3. The Kier molecular flexibility index (Phi) is 69.6. The van der Waals surface area contributed by atoms with E-state index in [9.17, 15) is 39.9 Å². The maximum atomic E-state index is 11.9. The molecule has 0 atom stereocenters. The van der Waals surface area contributed by atoms with Gasteiger partial charge in [0.25, 0.3) is 0 Å². The second kappa shape index (κ2) is 68.1. The zero-order valence-electron chi connectivity index (χ0n) is 52.1. The van der Waals surface area contributed by atoms with Crippen molar-refractivity contribution in [1.29, 1.82) is 0 Å². The van der Waals surface area contributed by atoms with E-state index in [0.29, 0.717) is 6.61 Å². The van der Waals surface area contributed by atoms with Crippen LogP contribution >= 0.6 is 0 Å². The summed E-state index contributed by atoms with van der Waals surface area (Å²) >= 11 is 0. The molecule has 0 aromatic heterocycles. The van der Waals surface area contributed by atoms with Gasteiger partial charge in [-0.15, -0.1) is 0 Å². The van der Waals surface area contributed by atoms with Crippen LogP contribution in [0.3, 0.4) is 0 Å². The second-order valence-electron chi connectivity index (χ2n) is 23.3. The van der Waals surface area contributed by atoms with Crippen LogP contribution in [0.1, 0.15) is 391 Å². The fourth-order valence-electron chi connectivity index (χ4n) is 10.3. The molecule has 9 nitrogen and oxygen atoms in total. The van der Waals surface area contributed by atoms with Gasteiger partial charge in [-0.25, -0.2) is 4.79 Å². The van der Waals surface area contributed by atoms with Gasteiger partial charge in [-0.3, -0.25) is 0 Å². The van der Waals surface area contributed by atoms with Crippen LogP contribution in [0.5, 0.6) is 17.2 Å². The van der Waals surface area contributed by atoms with E-state index >= 15 is 0 Å². The molecule has 0 spiro atoms. The molecule has 0 heterocycles. The first-order chi connectivity index (χ1) is 38.1. The minimum Gasteiger partial charge on any atom is -0.550 e. The average Bonchev–Trinajstić information content (AvgIpc) is 3.43. The summed E-state index contributed by atoms with van der Waals surface area (Å²) < 4.78 is 5.15. The van der Waals surface area contributed by atoms with Crippen LogP contribution in [0.4, 0.5) is 0 Å². The Labute approximate surface area is 499 Å². The predicted molar refractivity (Wildman–Crippen MR) is 327 cm³/mol. The average molecular weight is 1160 g/mol. The quantitative estimate of drug-likeness (QED) is 0.0249. The van der Waals surface area contributed by atoms with Crippen LogP contribution in [-0.4, -0.2) is 39.8 Å². The number of benzene rings is 1. The number of carboxylic acids is 2. The number of esters is 1. The van der Waals surface area contributed by atoms with Crippen molar-refractivity contribution in [3.8, 4) is 17.2 Å². The van der Waals surface area contributed by atoms with E-state index in [1.54, 1.807) is 0 Å². The number of phenols is 3. The Morgan fingerprint density at radius 3 is 0.684 bits per heavy atom. The van der Waals surface area contributed by atoms with Gasteiger partial charge in [-0.1, -0.05) is 348 Å². The number of hydrogen-bond acceptors (Lipinski definition) is 9. The first-order valence-electron chi connectivity index (χ1n) is 33.9. The Balaban J connectivity index is -0.00000110. The number of hydrogen-bond donors (Lipinski definition) is 3. The van der Waals surface area contributed by atoms with Crippen molar-refractivity contribution in [1.82, 2.24) is 0 Å². The molecule has 3 N–H and O–H groups in total. The standard InChI is InChI=1S/C25H42O5.2C22H44O2.Fe/c1-2-3-4-5-6-7-8-9-10-11-12-13-14-15-16-17-18-30-25(29)21-19-22(26)24(28)23(27)20-21;2*1-2-3-4-5-6-7-8-9-10-11-12-13-14-15-16-17-18-19-20-21-22(23)24;/h19-20,26-28H,2-18H2,1H3;2*2-21H2,1H3,(H,23,24);/q;;;+2/p-2. The smallest absolute Gasteiger partial charge is 0.550 e. The van der Waals surface area contributed by atoms with Crippen molar-refractivity contribution in [3.05, 3.63) is 17.7 Å². The Bertz CT molecular complexity index is 1330. The van der Waals surface area contributed by atoms with Crippen LogP contribution in [-0.2, 0) is 31.4 Å². The van der Waals surface area contributed by atoms with E-state index in [0.717, 1.165) is 57.1 Å². The monoisotopic (exact) mass is 1160 g/mol. The number of carboxylic acid groups (broad SMARTS) is 2. The number of carbonyl (C=O) groups is 3. The Hall–Kier alpha value is -2.45. The SMILES string of the molecule is CCCCCCCCCCCCCCCCCCCCCC(=O)[O-].CCCCCCCCCCCCCCCCCCCCCC(=O)[O-].CCCCCCCCCCCCCCCCCCOC(=O)c1cc(O)c(O)c(O)c1.[Fe+2]. The van der Waals surface area contributed by atoms with Gasteiger partial charge >= 0.3 is 23.0 Å². The van der Waals surface area contributed by atoms with Crippen molar-refractivity contribution >= 4 is 17.9 Å². The third kappa shape index (κ3) is 66.2. The number of ether oxygens (including phenoxy) is 1. The van der Waals surface area contributed by atoms with Gasteiger partial charge in [-0.05, 0) is 44.2 Å². The summed E-state index contributed by atoms with van der Waals surface area (Å²) in [5.74, 6) is -4.12. The summed E-state index contributed by atoms with van der Waals surface area (Å²) in [7, 11) is 0. The van der Waals surface area contributed by atoms with E-state index in [4.69, 9.17) is 4.74 Å². The fraction of sp³-hybridized carbons (Fsp3) is 0.870. The molecule has 0 amide bonds. The van der Waals surface area contributed by atoms with Crippen molar-refractivity contribution in [3.63, 3.8) is 0 Å². The van der Waals surface area contributed by atoms with E-state index in [-0.39, 0.29) is 35.5 Å². The predicted octanol–water partition coefficient (Wildman–Crippen LogP) is 20.3. The summed E-state index contributed by atoms with van der Waals surface area (Å²) in [5, 5.41) is 48.7. The summed E-state index contributed by atoms with van der Waals surface area (Å²) in [6.07, 6.45) is 72.2. The summed E-state index contributed by atoms with van der Waals surface area (Å²) in [6, 6.07) is 2.18. The normalized spacial score (nSPS) is 10.9. The van der Waals surface area contributed by atoms with Gasteiger partial charge in [0, 0.05) is 11.9 Å².